The Kier molecular flexibility index (Phi) is 4.10. The largest absolute Gasteiger partial charge is 0.493 e. The van der Waals surface area contributed by atoms with Gasteiger partial charge in [-0.1, -0.05) is 13.8 Å². The highest BCUT2D eigenvalue weighted by Gasteiger charge is 2.70. The average molecular weight is 376 g/mol. The van der Waals surface area contributed by atoms with Gasteiger partial charge in [-0.3, -0.25) is 9.59 Å². The van der Waals surface area contributed by atoms with Crippen molar-refractivity contribution in [2.45, 2.75) is 52.4 Å². The molecule has 7 atom stereocenters. The van der Waals surface area contributed by atoms with E-state index in [0.717, 1.165) is 5.57 Å². The van der Waals surface area contributed by atoms with Gasteiger partial charge in [-0.05, 0) is 43.3 Å². The minimum absolute atomic E-state index is 0.0432. The molecule has 27 heavy (non-hydrogen) atoms. The number of fused-ring (bicyclic) bond motifs is 2. The zero-order valence-corrected chi connectivity index (χ0v) is 16.6. The zero-order chi connectivity index (χ0) is 19.7. The van der Waals surface area contributed by atoms with Crippen molar-refractivity contribution in [3.05, 3.63) is 23.2 Å². The van der Waals surface area contributed by atoms with E-state index >= 15 is 0 Å². The SMILES string of the molecule is COC1=CC[C@@H]2C[C@H]3OC(O)C[C@H]4C(C)=C(OC)C(=O)[C@H]([C@@]2(C)C1=O)[C@@]34C. The van der Waals surface area contributed by atoms with Crippen LogP contribution < -0.4 is 0 Å². The Hall–Kier alpha value is -1.66. The lowest BCUT2D eigenvalue weighted by molar-refractivity contribution is -0.270. The third-order valence-electron chi connectivity index (χ3n) is 7.86. The summed E-state index contributed by atoms with van der Waals surface area (Å²) < 4.78 is 16.8. The van der Waals surface area contributed by atoms with E-state index in [0.29, 0.717) is 30.8 Å². The first-order valence-corrected chi connectivity index (χ1v) is 9.62. The van der Waals surface area contributed by atoms with E-state index in [9.17, 15) is 14.7 Å². The quantitative estimate of drug-likeness (QED) is 0.797. The molecule has 6 heteroatoms. The molecule has 148 valence electrons. The average Bonchev–Trinajstić information content (AvgIpc) is 2.61. The fourth-order valence-corrected chi connectivity index (χ4v) is 6.54. The third-order valence-corrected chi connectivity index (χ3v) is 7.86. The van der Waals surface area contributed by atoms with Gasteiger partial charge < -0.3 is 19.3 Å². The molecule has 1 heterocycles. The Morgan fingerprint density at radius 3 is 2.52 bits per heavy atom. The van der Waals surface area contributed by atoms with E-state index in [4.69, 9.17) is 14.2 Å². The first-order valence-electron chi connectivity index (χ1n) is 9.62. The van der Waals surface area contributed by atoms with E-state index in [1.54, 1.807) is 0 Å². The van der Waals surface area contributed by atoms with Gasteiger partial charge in [-0.2, -0.15) is 0 Å². The summed E-state index contributed by atoms with van der Waals surface area (Å²) in [6.07, 6.45) is 2.35. The summed E-state index contributed by atoms with van der Waals surface area (Å²) in [7, 11) is 3.00. The molecule has 4 rings (SSSR count). The highest BCUT2D eigenvalue weighted by Crippen LogP contribution is 2.66. The maximum Gasteiger partial charge on any atom is 0.203 e. The molecule has 1 aliphatic heterocycles. The van der Waals surface area contributed by atoms with Crippen LogP contribution in [0, 0.1) is 28.6 Å². The second kappa shape index (κ2) is 5.92. The monoisotopic (exact) mass is 376 g/mol. The molecule has 0 aromatic rings. The van der Waals surface area contributed by atoms with Crippen molar-refractivity contribution in [3.8, 4) is 0 Å². The Bertz CT molecular complexity index is 767. The molecule has 1 unspecified atom stereocenters. The zero-order valence-electron chi connectivity index (χ0n) is 16.6. The van der Waals surface area contributed by atoms with Crippen LogP contribution in [0.4, 0.5) is 0 Å². The summed E-state index contributed by atoms with van der Waals surface area (Å²) in [5.74, 6) is -0.266. The molecule has 0 radical (unpaired) electrons. The predicted octanol–water partition coefficient (Wildman–Crippen LogP) is 2.36. The van der Waals surface area contributed by atoms with Gasteiger partial charge in [0, 0.05) is 23.2 Å². The van der Waals surface area contributed by atoms with Gasteiger partial charge in [0.2, 0.25) is 11.6 Å². The molecular formula is C21H28O6. The number of hydrogen-bond acceptors (Lipinski definition) is 6. The minimum atomic E-state index is -0.878. The number of Topliss-reactive ketones (excluding diaryl/α,β-unsaturated/α-hetero) is 2. The molecule has 1 saturated carbocycles. The highest BCUT2D eigenvalue weighted by atomic mass is 16.6. The molecular weight excluding hydrogens is 348 g/mol. The van der Waals surface area contributed by atoms with E-state index in [-0.39, 0.29) is 29.5 Å². The number of allylic oxidation sites excluding steroid dienone is 4. The number of carbonyl (C=O) groups excluding carboxylic acids is 2. The maximum absolute atomic E-state index is 13.6. The Labute approximate surface area is 159 Å². The van der Waals surface area contributed by atoms with Crippen molar-refractivity contribution >= 4 is 11.6 Å². The van der Waals surface area contributed by atoms with Crippen molar-refractivity contribution in [2.24, 2.45) is 28.6 Å². The van der Waals surface area contributed by atoms with Crippen molar-refractivity contribution < 1.29 is 28.9 Å². The van der Waals surface area contributed by atoms with Gasteiger partial charge in [-0.15, -0.1) is 0 Å². The van der Waals surface area contributed by atoms with Gasteiger partial charge in [0.05, 0.1) is 20.3 Å². The Balaban J connectivity index is 1.95. The summed E-state index contributed by atoms with van der Waals surface area (Å²) in [6.45, 7) is 5.86. The van der Waals surface area contributed by atoms with Gasteiger partial charge in [0.25, 0.3) is 0 Å². The van der Waals surface area contributed by atoms with Gasteiger partial charge >= 0.3 is 0 Å². The number of aliphatic hydroxyl groups is 1. The standard InChI is InChI=1S/C21H28O6/c1-10-12-9-15(22)27-14-8-11-6-7-13(25-4)19(24)20(11,2)18(21(12,14)3)16(23)17(10)26-5/h7,11-12,14-15,18,22H,6,8-9H2,1-5H3/t11-,12+,14-,15?,18-,20+,21-/m1/s1. The van der Waals surface area contributed by atoms with Gasteiger partial charge in [0.15, 0.2) is 17.8 Å². The fraction of sp³-hybridized carbons (Fsp3) is 0.714. The number of methoxy groups -OCH3 is 2. The molecule has 2 fully saturated rings. The van der Waals surface area contributed by atoms with Crippen molar-refractivity contribution in [2.75, 3.05) is 14.2 Å². The number of ketones is 2. The van der Waals surface area contributed by atoms with Gasteiger partial charge in [-0.25, -0.2) is 0 Å². The molecule has 1 saturated heterocycles. The number of ether oxygens (including phenoxy) is 3. The van der Waals surface area contributed by atoms with Crippen LogP contribution in [0.3, 0.4) is 0 Å². The predicted molar refractivity (Wildman–Crippen MR) is 96.2 cm³/mol. The lowest BCUT2D eigenvalue weighted by atomic mass is 9.41. The van der Waals surface area contributed by atoms with E-state index in [2.05, 4.69) is 0 Å². The van der Waals surface area contributed by atoms with E-state index in [1.165, 1.54) is 14.2 Å². The number of aliphatic hydroxyl groups excluding tert-OH is 1. The first-order chi connectivity index (χ1) is 12.7. The lowest BCUT2D eigenvalue weighted by Crippen LogP contribution is -2.68. The topological polar surface area (TPSA) is 82.1 Å². The molecule has 0 aromatic heterocycles. The lowest BCUT2D eigenvalue weighted by Gasteiger charge is -2.64. The molecule has 0 bridgehead atoms. The van der Waals surface area contributed by atoms with Crippen LogP contribution in [0.2, 0.25) is 0 Å². The molecule has 4 aliphatic rings. The summed E-state index contributed by atoms with van der Waals surface area (Å²) >= 11 is 0. The molecule has 0 spiro atoms. The van der Waals surface area contributed by atoms with Crippen molar-refractivity contribution in [3.63, 3.8) is 0 Å². The van der Waals surface area contributed by atoms with Crippen LogP contribution in [0.15, 0.2) is 23.2 Å². The summed E-state index contributed by atoms with van der Waals surface area (Å²) in [4.78, 5) is 27.0. The van der Waals surface area contributed by atoms with Crippen LogP contribution in [0.25, 0.3) is 0 Å². The minimum Gasteiger partial charge on any atom is -0.493 e. The normalized spacial score (nSPS) is 46.4. The molecule has 1 N–H and O–H groups in total. The first kappa shape index (κ1) is 18.7. The van der Waals surface area contributed by atoms with Crippen LogP contribution in [0.1, 0.15) is 40.0 Å². The Morgan fingerprint density at radius 1 is 1.19 bits per heavy atom. The second-order valence-corrected chi connectivity index (χ2v) is 8.80. The Morgan fingerprint density at radius 2 is 1.89 bits per heavy atom. The van der Waals surface area contributed by atoms with Crippen LogP contribution in [0.5, 0.6) is 0 Å². The molecule has 0 aromatic carbocycles. The molecule has 3 aliphatic carbocycles. The smallest absolute Gasteiger partial charge is 0.203 e. The van der Waals surface area contributed by atoms with Crippen LogP contribution in [-0.4, -0.2) is 43.3 Å². The van der Waals surface area contributed by atoms with E-state index < -0.39 is 23.0 Å². The van der Waals surface area contributed by atoms with Crippen molar-refractivity contribution in [1.82, 2.24) is 0 Å². The molecule has 0 amide bonds. The summed E-state index contributed by atoms with van der Waals surface area (Å²) in [6, 6.07) is 0. The van der Waals surface area contributed by atoms with Crippen molar-refractivity contribution in [1.29, 1.82) is 0 Å². The fourth-order valence-electron chi connectivity index (χ4n) is 6.54. The number of carbonyl (C=O) groups is 2. The maximum atomic E-state index is 13.6. The summed E-state index contributed by atoms with van der Waals surface area (Å²) in [5, 5.41) is 10.3. The second-order valence-electron chi connectivity index (χ2n) is 8.80. The van der Waals surface area contributed by atoms with Crippen LogP contribution in [-0.2, 0) is 23.8 Å². The number of hydrogen-bond donors (Lipinski definition) is 1. The van der Waals surface area contributed by atoms with Gasteiger partial charge in [0.1, 0.15) is 0 Å². The van der Waals surface area contributed by atoms with Crippen LogP contribution >= 0.6 is 0 Å². The van der Waals surface area contributed by atoms with E-state index in [1.807, 2.05) is 26.8 Å². The molecule has 6 nitrogen and oxygen atoms in total. The third kappa shape index (κ3) is 2.14. The number of rotatable bonds is 2. The highest BCUT2D eigenvalue weighted by molar-refractivity contribution is 6.07. The summed E-state index contributed by atoms with van der Waals surface area (Å²) in [5.41, 5.74) is -0.600.